The molecule has 0 radical (unpaired) electrons. The number of rotatable bonds is 0. The SMILES string of the molecule is CC(C)(C)OC(=O)N1CCCC[C@H]2[C@@H]1C2(F)F. The quantitative estimate of drug-likeness (QED) is 0.658. The average molecular weight is 247 g/mol. The molecule has 0 unspecified atom stereocenters. The third kappa shape index (κ3) is 2.38. The minimum absolute atomic E-state index is 0.381. The number of amides is 1. The standard InChI is InChI=1S/C12H19F2NO2/c1-11(2,3)17-10(16)15-7-5-4-6-8-9(15)12(8,13)14/h8-9H,4-7H2,1-3H3/t8-,9+/m0/s1. The highest BCUT2D eigenvalue weighted by Crippen LogP contribution is 2.56. The Labute approximate surface area is 100 Å². The summed E-state index contributed by atoms with van der Waals surface area (Å²) in [5.41, 5.74) is -0.636. The Morgan fingerprint density at radius 3 is 2.59 bits per heavy atom. The summed E-state index contributed by atoms with van der Waals surface area (Å²) in [6.07, 6.45) is 1.45. The van der Waals surface area contributed by atoms with Crippen LogP contribution in [0, 0.1) is 5.92 Å². The van der Waals surface area contributed by atoms with Crippen LogP contribution in [0.15, 0.2) is 0 Å². The molecule has 2 fully saturated rings. The minimum atomic E-state index is -2.71. The van der Waals surface area contributed by atoms with Gasteiger partial charge in [-0.15, -0.1) is 0 Å². The van der Waals surface area contributed by atoms with Crippen LogP contribution in [0.5, 0.6) is 0 Å². The van der Waals surface area contributed by atoms with Crippen molar-refractivity contribution in [3.63, 3.8) is 0 Å². The van der Waals surface area contributed by atoms with Crippen molar-refractivity contribution < 1.29 is 18.3 Å². The van der Waals surface area contributed by atoms with Gasteiger partial charge in [0.1, 0.15) is 11.6 Å². The molecule has 1 saturated carbocycles. The largest absolute Gasteiger partial charge is 0.444 e. The second kappa shape index (κ2) is 3.82. The molecule has 0 spiro atoms. The van der Waals surface area contributed by atoms with Crippen LogP contribution < -0.4 is 0 Å². The summed E-state index contributed by atoms with van der Waals surface area (Å²) in [4.78, 5) is 13.1. The van der Waals surface area contributed by atoms with E-state index in [1.54, 1.807) is 20.8 Å². The molecule has 3 nitrogen and oxygen atoms in total. The Morgan fingerprint density at radius 2 is 2.00 bits per heavy atom. The first-order chi connectivity index (χ1) is 7.73. The first-order valence-corrected chi connectivity index (χ1v) is 6.11. The van der Waals surface area contributed by atoms with Crippen molar-refractivity contribution in [3.8, 4) is 0 Å². The Balaban J connectivity index is 2.06. The van der Waals surface area contributed by atoms with Crippen molar-refractivity contribution in [2.75, 3.05) is 6.54 Å². The van der Waals surface area contributed by atoms with Gasteiger partial charge >= 0.3 is 6.09 Å². The fraction of sp³-hybridized carbons (Fsp3) is 0.917. The molecule has 0 bridgehead atoms. The lowest BCUT2D eigenvalue weighted by Gasteiger charge is -2.27. The number of carbonyl (C=O) groups is 1. The van der Waals surface area contributed by atoms with Gasteiger partial charge in [-0.3, -0.25) is 4.90 Å². The highest BCUT2D eigenvalue weighted by molar-refractivity contribution is 5.69. The molecule has 0 aromatic rings. The molecule has 2 rings (SSSR count). The molecule has 0 aromatic heterocycles. The lowest BCUT2D eigenvalue weighted by Crippen LogP contribution is -2.40. The molecule has 0 aromatic carbocycles. The van der Waals surface area contributed by atoms with Gasteiger partial charge in [-0.1, -0.05) is 6.42 Å². The Hall–Kier alpha value is -0.870. The average Bonchev–Trinajstić information content (AvgIpc) is 2.75. The van der Waals surface area contributed by atoms with Crippen LogP contribution in [-0.2, 0) is 4.74 Å². The highest BCUT2D eigenvalue weighted by atomic mass is 19.3. The van der Waals surface area contributed by atoms with Gasteiger partial charge in [0.15, 0.2) is 0 Å². The summed E-state index contributed by atoms with van der Waals surface area (Å²) < 4.78 is 32.1. The molecule has 98 valence electrons. The second-order valence-electron chi connectivity index (χ2n) is 5.90. The van der Waals surface area contributed by atoms with Crippen LogP contribution >= 0.6 is 0 Å². The summed E-state index contributed by atoms with van der Waals surface area (Å²) in [6, 6.07) is -0.931. The van der Waals surface area contributed by atoms with Gasteiger partial charge in [0.25, 0.3) is 5.92 Å². The summed E-state index contributed by atoms with van der Waals surface area (Å²) in [6.45, 7) is 5.60. The second-order valence-corrected chi connectivity index (χ2v) is 5.90. The molecule has 1 aliphatic carbocycles. The maximum absolute atomic E-state index is 13.5. The van der Waals surface area contributed by atoms with Gasteiger partial charge < -0.3 is 4.74 Å². The van der Waals surface area contributed by atoms with E-state index >= 15 is 0 Å². The predicted octanol–water partition coefficient (Wildman–Crippen LogP) is 3.04. The first kappa shape index (κ1) is 12.6. The van der Waals surface area contributed by atoms with Crippen molar-refractivity contribution in [3.05, 3.63) is 0 Å². The Bertz CT molecular complexity index is 325. The number of ether oxygens (including phenoxy) is 1. The molecule has 2 aliphatic rings. The third-order valence-corrected chi connectivity index (χ3v) is 3.29. The smallest absolute Gasteiger partial charge is 0.410 e. The minimum Gasteiger partial charge on any atom is -0.444 e. The molecule has 5 heteroatoms. The lowest BCUT2D eigenvalue weighted by molar-refractivity contribution is 0.00791. The van der Waals surface area contributed by atoms with Crippen molar-refractivity contribution in [2.24, 2.45) is 5.92 Å². The van der Waals surface area contributed by atoms with Crippen LogP contribution in [0.3, 0.4) is 0 Å². The van der Waals surface area contributed by atoms with Crippen LogP contribution in [0.1, 0.15) is 40.0 Å². The third-order valence-electron chi connectivity index (χ3n) is 3.29. The fourth-order valence-corrected chi connectivity index (χ4v) is 2.46. The topological polar surface area (TPSA) is 29.5 Å². The van der Waals surface area contributed by atoms with E-state index in [1.807, 2.05) is 0 Å². The van der Waals surface area contributed by atoms with Crippen molar-refractivity contribution >= 4 is 6.09 Å². The molecule has 1 aliphatic heterocycles. The molecular formula is C12H19F2NO2. The van der Waals surface area contributed by atoms with E-state index in [9.17, 15) is 13.6 Å². The number of alkyl halides is 2. The van der Waals surface area contributed by atoms with Gasteiger partial charge in [0.2, 0.25) is 0 Å². The summed E-state index contributed by atoms with van der Waals surface area (Å²) in [5.74, 6) is -3.37. The van der Waals surface area contributed by atoms with E-state index < -0.39 is 29.6 Å². The number of hydrogen-bond donors (Lipinski definition) is 0. The normalized spacial score (nSPS) is 31.5. The zero-order valence-electron chi connectivity index (χ0n) is 10.5. The summed E-state index contributed by atoms with van der Waals surface area (Å²) in [5, 5.41) is 0. The molecule has 17 heavy (non-hydrogen) atoms. The van der Waals surface area contributed by atoms with Crippen molar-refractivity contribution in [1.29, 1.82) is 0 Å². The molecule has 0 N–H and O–H groups in total. The van der Waals surface area contributed by atoms with Crippen LogP contribution in [0.25, 0.3) is 0 Å². The predicted molar refractivity (Wildman–Crippen MR) is 59.0 cm³/mol. The Kier molecular flexibility index (Phi) is 2.83. The molecular weight excluding hydrogens is 228 g/mol. The fourth-order valence-electron chi connectivity index (χ4n) is 2.46. The first-order valence-electron chi connectivity index (χ1n) is 6.11. The van der Waals surface area contributed by atoms with Gasteiger partial charge in [-0.2, -0.15) is 0 Å². The zero-order chi connectivity index (χ0) is 12.8. The van der Waals surface area contributed by atoms with Gasteiger partial charge in [-0.05, 0) is 33.6 Å². The monoisotopic (exact) mass is 247 g/mol. The van der Waals surface area contributed by atoms with Crippen LogP contribution in [0.2, 0.25) is 0 Å². The van der Waals surface area contributed by atoms with Crippen LogP contribution in [-0.4, -0.2) is 35.1 Å². The number of halogens is 2. The number of likely N-dealkylation sites (tertiary alicyclic amines) is 1. The van der Waals surface area contributed by atoms with E-state index in [1.165, 1.54) is 4.90 Å². The van der Waals surface area contributed by atoms with E-state index in [4.69, 9.17) is 4.74 Å². The summed E-state index contributed by atoms with van der Waals surface area (Å²) >= 11 is 0. The molecule has 2 atom stereocenters. The van der Waals surface area contributed by atoms with E-state index in [0.29, 0.717) is 13.0 Å². The van der Waals surface area contributed by atoms with E-state index in [-0.39, 0.29) is 0 Å². The van der Waals surface area contributed by atoms with E-state index in [0.717, 1.165) is 12.8 Å². The van der Waals surface area contributed by atoms with Gasteiger partial charge in [0.05, 0.1) is 5.92 Å². The lowest BCUT2D eigenvalue weighted by atomic mass is 10.2. The Morgan fingerprint density at radius 1 is 1.35 bits per heavy atom. The summed E-state index contributed by atoms with van der Waals surface area (Å²) in [7, 11) is 0. The zero-order valence-corrected chi connectivity index (χ0v) is 10.5. The molecule has 1 saturated heterocycles. The molecule has 1 amide bonds. The molecule has 1 heterocycles. The number of fused-ring (bicyclic) bond motifs is 1. The van der Waals surface area contributed by atoms with Crippen molar-refractivity contribution in [1.82, 2.24) is 4.90 Å². The number of nitrogens with zero attached hydrogens (tertiary/aromatic N) is 1. The maximum Gasteiger partial charge on any atom is 0.410 e. The number of carbonyl (C=O) groups excluding carboxylic acids is 1. The van der Waals surface area contributed by atoms with Crippen LogP contribution in [0.4, 0.5) is 13.6 Å². The number of hydrogen-bond acceptors (Lipinski definition) is 2. The highest BCUT2D eigenvalue weighted by Gasteiger charge is 2.71. The van der Waals surface area contributed by atoms with Gasteiger partial charge in [0, 0.05) is 6.54 Å². The van der Waals surface area contributed by atoms with Gasteiger partial charge in [-0.25, -0.2) is 13.6 Å². The van der Waals surface area contributed by atoms with E-state index in [2.05, 4.69) is 0 Å². The van der Waals surface area contributed by atoms with Crippen molar-refractivity contribution in [2.45, 2.75) is 57.6 Å². The maximum atomic E-state index is 13.5.